The highest BCUT2D eigenvalue weighted by Gasteiger charge is 2.08. The molecular formula is C25H27N. The summed E-state index contributed by atoms with van der Waals surface area (Å²) in [6.07, 6.45) is 10.7. The largest absolute Gasteiger partial charge is 0.254 e. The predicted molar refractivity (Wildman–Crippen MR) is 112 cm³/mol. The highest BCUT2D eigenvalue weighted by Crippen LogP contribution is 2.27. The van der Waals surface area contributed by atoms with Crippen LogP contribution in [0.5, 0.6) is 0 Å². The van der Waals surface area contributed by atoms with Gasteiger partial charge in [-0.25, -0.2) is 0 Å². The van der Waals surface area contributed by atoms with Gasteiger partial charge in [0.15, 0.2) is 0 Å². The summed E-state index contributed by atoms with van der Waals surface area (Å²) in [5.41, 5.74) is 3.17. The third kappa shape index (κ3) is 4.73. The summed E-state index contributed by atoms with van der Waals surface area (Å²) in [6.45, 7) is 2.26. The maximum Gasteiger partial charge on any atom is 0.0864 e. The van der Waals surface area contributed by atoms with E-state index >= 15 is 0 Å². The molecular weight excluding hydrogens is 314 g/mol. The summed E-state index contributed by atoms with van der Waals surface area (Å²) in [5.74, 6) is 6.85. The van der Waals surface area contributed by atoms with Crippen molar-refractivity contribution in [3.8, 4) is 23.1 Å². The van der Waals surface area contributed by atoms with E-state index < -0.39 is 0 Å². The molecule has 0 fully saturated rings. The second-order valence-electron chi connectivity index (χ2n) is 6.75. The smallest absolute Gasteiger partial charge is 0.0864 e. The number of nitrogens with zero attached hydrogens (tertiary/aromatic N) is 1. The molecule has 3 aromatic rings. The zero-order chi connectivity index (χ0) is 18.0. The molecule has 0 saturated carbocycles. The molecule has 0 aliphatic heterocycles. The van der Waals surface area contributed by atoms with E-state index in [1.807, 2.05) is 12.3 Å². The van der Waals surface area contributed by atoms with Crippen LogP contribution >= 0.6 is 0 Å². The fourth-order valence-corrected chi connectivity index (χ4v) is 3.25. The zero-order valence-corrected chi connectivity index (χ0v) is 15.7. The maximum atomic E-state index is 4.72. The van der Waals surface area contributed by atoms with E-state index in [2.05, 4.69) is 67.3 Å². The lowest BCUT2D eigenvalue weighted by atomic mass is 10.00. The van der Waals surface area contributed by atoms with E-state index in [0.29, 0.717) is 0 Å². The summed E-state index contributed by atoms with van der Waals surface area (Å²) in [7, 11) is 0. The van der Waals surface area contributed by atoms with Gasteiger partial charge in [0, 0.05) is 29.0 Å². The zero-order valence-electron chi connectivity index (χ0n) is 15.7. The lowest BCUT2D eigenvalue weighted by molar-refractivity contribution is 0.614. The Morgan fingerprint density at radius 1 is 0.808 bits per heavy atom. The minimum absolute atomic E-state index is 0.962. The average molecular weight is 341 g/mol. The third-order valence-electron chi connectivity index (χ3n) is 4.72. The Kier molecular flexibility index (Phi) is 6.85. The first-order chi connectivity index (χ1) is 12.9. The number of rotatable bonds is 7. The molecule has 0 unspecified atom stereocenters. The van der Waals surface area contributed by atoms with Crippen molar-refractivity contribution >= 4 is 10.8 Å². The average Bonchev–Trinajstić information content (AvgIpc) is 2.70. The van der Waals surface area contributed by atoms with Gasteiger partial charge in [0.2, 0.25) is 0 Å². The summed E-state index contributed by atoms with van der Waals surface area (Å²) >= 11 is 0. The number of hydrogen-bond donors (Lipinski definition) is 0. The summed E-state index contributed by atoms with van der Waals surface area (Å²) < 4.78 is 0. The van der Waals surface area contributed by atoms with Crippen LogP contribution in [0.3, 0.4) is 0 Å². The molecule has 2 aromatic carbocycles. The number of unbranched alkanes of at least 4 members (excludes halogenated alkanes) is 6. The van der Waals surface area contributed by atoms with Crippen molar-refractivity contribution in [3.63, 3.8) is 0 Å². The van der Waals surface area contributed by atoms with Crippen LogP contribution in [0, 0.1) is 11.8 Å². The van der Waals surface area contributed by atoms with Crippen LogP contribution in [0.1, 0.15) is 57.4 Å². The van der Waals surface area contributed by atoms with Crippen LogP contribution < -0.4 is 0 Å². The van der Waals surface area contributed by atoms with Crippen LogP contribution in [0.2, 0.25) is 0 Å². The van der Waals surface area contributed by atoms with Crippen LogP contribution in [0.4, 0.5) is 0 Å². The Bertz CT molecular complexity index is 884. The van der Waals surface area contributed by atoms with Crippen molar-refractivity contribution in [1.29, 1.82) is 0 Å². The molecule has 0 atom stereocenters. The maximum absolute atomic E-state index is 4.72. The fourth-order valence-electron chi connectivity index (χ4n) is 3.25. The number of fused-ring (bicyclic) bond motifs is 1. The lowest BCUT2D eigenvalue weighted by Crippen LogP contribution is -1.91. The first kappa shape index (κ1) is 18.2. The van der Waals surface area contributed by atoms with Crippen LogP contribution in [0.15, 0.2) is 60.8 Å². The molecule has 1 aromatic heterocycles. The Morgan fingerprint density at radius 2 is 1.54 bits per heavy atom. The summed E-state index contributed by atoms with van der Waals surface area (Å²) in [4.78, 5) is 4.72. The second-order valence-corrected chi connectivity index (χ2v) is 6.75. The Labute approximate surface area is 157 Å². The molecule has 3 rings (SSSR count). The van der Waals surface area contributed by atoms with Gasteiger partial charge in [-0.15, -0.1) is 0 Å². The van der Waals surface area contributed by atoms with E-state index in [1.54, 1.807) is 0 Å². The first-order valence-electron chi connectivity index (χ1n) is 9.82. The standard InChI is InChI=1S/C25H27N/c1-2-3-4-5-6-7-8-12-19-24-23-18-14-13-17-22(23)20-26-25(24)21-15-10-9-11-16-21/h9-11,13-18,20H,2-8H2,1H3. The Hall–Kier alpha value is -2.59. The molecule has 0 amide bonds. The van der Waals surface area contributed by atoms with Gasteiger partial charge in [-0.2, -0.15) is 0 Å². The molecule has 0 bridgehead atoms. The normalized spacial score (nSPS) is 10.5. The monoisotopic (exact) mass is 341 g/mol. The third-order valence-corrected chi connectivity index (χ3v) is 4.72. The van der Waals surface area contributed by atoms with Crippen molar-refractivity contribution in [2.24, 2.45) is 0 Å². The quantitative estimate of drug-likeness (QED) is 0.333. The SMILES string of the molecule is CCCCCCCCC#Cc1c(-c2ccccc2)ncc2ccccc12. The number of pyridine rings is 1. The predicted octanol–water partition coefficient (Wildman–Crippen LogP) is 7.00. The minimum Gasteiger partial charge on any atom is -0.254 e. The van der Waals surface area contributed by atoms with Gasteiger partial charge in [0.1, 0.15) is 0 Å². The van der Waals surface area contributed by atoms with Gasteiger partial charge in [-0.1, -0.05) is 105 Å². The van der Waals surface area contributed by atoms with Crippen molar-refractivity contribution in [1.82, 2.24) is 4.98 Å². The highest BCUT2D eigenvalue weighted by atomic mass is 14.7. The van der Waals surface area contributed by atoms with Crippen molar-refractivity contribution in [2.75, 3.05) is 0 Å². The highest BCUT2D eigenvalue weighted by molar-refractivity contribution is 5.92. The van der Waals surface area contributed by atoms with Gasteiger partial charge in [0.05, 0.1) is 11.3 Å². The number of benzene rings is 2. The number of aromatic nitrogens is 1. The lowest BCUT2D eigenvalue weighted by Gasteiger charge is -2.08. The van der Waals surface area contributed by atoms with Gasteiger partial charge in [0.25, 0.3) is 0 Å². The van der Waals surface area contributed by atoms with Crippen LogP contribution in [-0.2, 0) is 0 Å². The van der Waals surface area contributed by atoms with Gasteiger partial charge in [-0.3, -0.25) is 4.98 Å². The molecule has 0 aliphatic rings. The van der Waals surface area contributed by atoms with E-state index in [1.165, 1.54) is 43.9 Å². The molecule has 132 valence electrons. The van der Waals surface area contributed by atoms with E-state index in [0.717, 1.165) is 28.6 Å². The molecule has 0 saturated heterocycles. The first-order valence-corrected chi connectivity index (χ1v) is 9.82. The second kappa shape index (κ2) is 9.78. The molecule has 0 radical (unpaired) electrons. The van der Waals surface area contributed by atoms with Crippen LogP contribution in [-0.4, -0.2) is 4.98 Å². The van der Waals surface area contributed by atoms with Crippen molar-refractivity contribution in [2.45, 2.75) is 51.9 Å². The van der Waals surface area contributed by atoms with Crippen molar-refractivity contribution in [3.05, 3.63) is 66.4 Å². The molecule has 0 N–H and O–H groups in total. The van der Waals surface area contributed by atoms with Gasteiger partial charge >= 0.3 is 0 Å². The molecule has 1 nitrogen and oxygen atoms in total. The Balaban J connectivity index is 1.81. The topological polar surface area (TPSA) is 12.9 Å². The van der Waals surface area contributed by atoms with E-state index in [-0.39, 0.29) is 0 Å². The van der Waals surface area contributed by atoms with E-state index in [4.69, 9.17) is 4.98 Å². The van der Waals surface area contributed by atoms with Gasteiger partial charge < -0.3 is 0 Å². The molecule has 1 heteroatoms. The fraction of sp³-hybridized carbons (Fsp3) is 0.320. The summed E-state index contributed by atoms with van der Waals surface area (Å²) in [6, 6.07) is 18.8. The molecule has 1 heterocycles. The Morgan fingerprint density at radius 3 is 2.38 bits per heavy atom. The summed E-state index contributed by atoms with van der Waals surface area (Å²) in [5, 5.41) is 2.34. The molecule has 0 spiro atoms. The van der Waals surface area contributed by atoms with E-state index in [9.17, 15) is 0 Å². The van der Waals surface area contributed by atoms with Gasteiger partial charge in [-0.05, 0) is 6.42 Å². The van der Waals surface area contributed by atoms with Crippen molar-refractivity contribution < 1.29 is 0 Å². The minimum atomic E-state index is 0.962. The molecule has 26 heavy (non-hydrogen) atoms. The van der Waals surface area contributed by atoms with Crippen LogP contribution in [0.25, 0.3) is 22.0 Å². The molecule has 0 aliphatic carbocycles. The number of hydrogen-bond acceptors (Lipinski definition) is 1.